The molecule has 0 unspecified atom stereocenters. The van der Waals surface area contributed by atoms with Gasteiger partial charge in [-0.25, -0.2) is 4.98 Å². The highest BCUT2D eigenvalue weighted by Gasteiger charge is 2.39. The van der Waals surface area contributed by atoms with Crippen LogP contribution in [0.25, 0.3) is 0 Å². The van der Waals surface area contributed by atoms with Gasteiger partial charge in [0.05, 0.1) is 23.9 Å². The molecule has 0 spiro atoms. The summed E-state index contributed by atoms with van der Waals surface area (Å²) in [6, 6.07) is 1.83. The van der Waals surface area contributed by atoms with E-state index in [2.05, 4.69) is 15.6 Å². The monoisotopic (exact) mass is 297 g/mol. The van der Waals surface area contributed by atoms with Crippen LogP contribution in [0.2, 0.25) is 5.15 Å². The smallest absolute Gasteiger partial charge is 0.233 e. The number of nitrogens with zero attached hydrogens (tertiary/aromatic N) is 1. The Morgan fingerprint density at radius 3 is 2.85 bits per heavy atom. The molecule has 2 rings (SSSR count). The number of methoxy groups -OCH3 is 1. The van der Waals surface area contributed by atoms with Crippen LogP contribution in [0, 0.1) is 12.3 Å². The molecule has 1 amide bonds. The van der Waals surface area contributed by atoms with Gasteiger partial charge in [0.2, 0.25) is 5.91 Å². The summed E-state index contributed by atoms with van der Waals surface area (Å²) in [5, 5.41) is 6.66. The van der Waals surface area contributed by atoms with Crippen LogP contribution in [0.3, 0.4) is 0 Å². The maximum Gasteiger partial charge on any atom is 0.233 e. The lowest BCUT2D eigenvalue weighted by atomic mass is 9.78. The van der Waals surface area contributed by atoms with Gasteiger partial charge in [-0.1, -0.05) is 11.6 Å². The van der Waals surface area contributed by atoms with Crippen molar-refractivity contribution < 1.29 is 9.53 Å². The second kappa shape index (κ2) is 6.52. The highest BCUT2D eigenvalue weighted by Crippen LogP contribution is 2.31. The molecular formula is C14H20ClN3O2. The number of carbonyl (C=O) groups is 1. The summed E-state index contributed by atoms with van der Waals surface area (Å²) in [5.41, 5.74) is 1.05. The van der Waals surface area contributed by atoms with Crippen LogP contribution < -0.4 is 10.6 Å². The zero-order valence-electron chi connectivity index (χ0n) is 11.8. The molecule has 1 aromatic heterocycles. The molecule has 1 saturated heterocycles. The lowest BCUT2D eigenvalue weighted by molar-refractivity contribution is -0.130. The van der Waals surface area contributed by atoms with Crippen LogP contribution in [0.4, 0.5) is 5.69 Å². The fourth-order valence-corrected chi connectivity index (χ4v) is 2.61. The first-order valence-electron chi connectivity index (χ1n) is 6.71. The Labute approximate surface area is 124 Å². The predicted molar refractivity (Wildman–Crippen MR) is 79.0 cm³/mol. The molecular weight excluding hydrogens is 278 g/mol. The molecule has 2 N–H and O–H groups in total. The minimum atomic E-state index is -0.465. The lowest BCUT2D eigenvalue weighted by Gasteiger charge is -2.35. The van der Waals surface area contributed by atoms with Gasteiger partial charge < -0.3 is 15.4 Å². The molecule has 6 heteroatoms. The number of pyridine rings is 1. The van der Waals surface area contributed by atoms with Gasteiger partial charge in [0, 0.05) is 7.11 Å². The molecule has 1 aliphatic rings. The molecule has 110 valence electrons. The maximum atomic E-state index is 12.6. The number of ether oxygens (including phenoxy) is 1. The van der Waals surface area contributed by atoms with Gasteiger partial charge in [0.1, 0.15) is 5.15 Å². The molecule has 0 atom stereocenters. The fourth-order valence-electron chi connectivity index (χ4n) is 2.51. The topological polar surface area (TPSA) is 63.2 Å². The number of aryl methyl sites for hydroxylation is 1. The van der Waals surface area contributed by atoms with Crippen LogP contribution in [0.5, 0.6) is 0 Å². The summed E-state index contributed by atoms with van der Waals surface area (Å²) < 4.78 is 5.26. The number of nitrogens with one attached hydrogen (secondary N) is 2. The average Bonchev–Trinajstić information content (AvgIpc) is 2.44. The van der Waals surface area contributed by atoms with Crippen molar-refractivity contribution in [2.75, 3.05) is 32.1 Å². The summed E-state index contributed by atoms with van der Waals surface area (Å²) in [4.78, 5) is 16.6. The third-order valence-corrected chi connectivity index (χ3v) is 4.13. The average molecular weight is 298 g/mol. The molecule has 0 radical (unpaired) electrons. The normalized spacial score (nSPS) is 17.8. The number of aromatic nitrogens is 1. The van der Waals surface area contributed by atoms with Crippen LogP contribution >= 0.6 is 11.6 Å². The summed E-state index contributed by atoms with van der Waals surface area (Å²) in [6.45, 7) is 3.95. The number of hydrogen-bond acceptors (Lipinski definition) is 4. The molecule has 1 fully saturated rings. The lowest BCUT2D eigenvalue weighted by Crippen LogP contribution is -2.47. The van der Waals surface area contributed by atoms with E-state index in [1.807, 2.05) is 13.0 Å². The van der Waals surface area contributed by atoms with E-state index in [1.54, 1.807) is 13.3 Å². The van der Waals surface area contributed by atoms with Crippen molar-refractivity contribution in [3.8, 4) is 0 Å². The summed E-state index contributed by atoms with van der Waals surface area (Å²) in [5.74, 6) is -0.00984. The highest BCUT2D eigenvalue weighted by atomic mass is 35.5. The predicted octanol–water partition coefficient (Wildman–Crippen LogP) is 2.00. The van der Waals surface area contributed by atoms with Crippen LogP contribution in [0.15, 0.2) is 12.3 Å². The Morgan fingerprint density at radius 2 is 2.25 bits per heavy atom. The number of piperidine rings is 1. The minimum Gasteiger partial charge on any atom is -0.384 e. The Kier molecular flexibility index (Phi) is 4.96. The largest absolute Gasteiger partial charge is 0.384 e. The van der Waals surface area contributed by atoms with E-state index in [-0.39, 0.29) is 5.91 Å². The van der Waals surface area contributed by atoms with Crippen molar-refractivity contribution >= 4 is 23.2 Å². The van der Waals surface area contributed by atoms with Crippen LogP contribution in [-0.2, 0) is 9.53 Å². The molecule has 0 aromatic carbocycles. The molecule has 0 saturated carbocycles. The Hall–Kier alpha value is -1.17. The number of rotatable bonds is 4. The van der Waals surface area contributed by atoms with E-state index >= 15 is 0 Å². The van der Waals surface area contributed by atoms with Gasteiger partial charge in [0.25, 0.3) is 0 Å². The Morgan fingerprint density at radius 1 is 1.55 bits per heavy atom. The quantitative estimate of drug-likeness (QED) is 0.835. The van der Waals surface area contributed by atoms with E-state index in [0.717, 1.165) is 31.5 Å². The molecule has 2 heterocycles. The van der Waals surface area contributed by atoms with Crippen molar-refractivity contribution in [1.82, 2.24) is 10.3 Å². The molecule has 20 heavy (non-hydrogen) atoms. The third kappa shape index (κ3) is 3.29. The van der Waals surface area contributed by atoms with Crippen molar-refractivity contribution in [2.45, 2.75) is 19.8 Å². The Balaban J connectivity index is 2.13. The number of halogens is 1. The maximum absolute atomic E-state index is 12.6. The third-order valence-electron chi connectivity index (χ3n) is 3.74. The zero-order chi connectivity index (χ0) is 14.6. The summed E-state index contributed by atoms with van der Waals surface area (Å²) >= 11 is 5.89. The highest BCUT2D eigenvalue weighted by molar-refractivity contribution is 6.30. The van der Waals surface area contributed by atoms with Gasteiger partial charge in [-0.05, 0) is 44.5 Å². The summed E-state index contributed by atoms with van der Waals surface area (Å²) in [6.07, 6.45) is 3.12. The first-order chi connectivity index (χ1) is 9.57. The molecule has 1 aliphatic heterocycles. The van der Waals surface area contributed by atoms with Gasteiger partial charge >= 0.3 is 0 Å². The fraction of sp³-hybridized carbons (Fsp3) is 0.571. The van der Waals surface area contributed by atoms with Crippen LogP contribution in [-0.4, -0.2) is 37.7 Å². The van der Waals surface area contributed by atoms with Crippen molar-refractivity contribution in [2.24, 2.45) is 5.41 Å². The second-order valence-electron chi connectivity index (χ2n) is 5.25. The van der Waals surface area contributed by atoms with Crippen molar-refractivity contribution in [3.63, 3.8) is 0 Å². The number of amides is 1. The van der Waals surface area contributed by atoms with Gasteiger partial charge in [0.15, 0.2) is 0 Å². The van der Waals surface area contributed by atoms with E-state index in [4.69, 9.17) is 16.3 Å². The van der Waals surface area contributed by atoms with E-state index < -0.39 is 5.41 Å². The van der Waals surface area contributed by atoms with Gasteiger partial charge in [-0.2, -0.15) is 0 Å². The summed E-state index contributed by atoms with van der Waals surface area (Å²) in [7, 11) is 1.63. The molecule has 1 aromatic rings. The van der Waals surface area contributed by atoms with Gasteiger partial charge in [-0.15, -0.1) is 0 Å². The van der Waals surface area contributed by atoms with Crippen molar-refractivity contribution in [1.29, 1.82) is 0 Å². The molecule has 5 nitrogen and oxygen atoms in total. The second-order valence-corrected chi connectivity index (χ2v) is 5.61. The van der Waals surface area contributed by atoms with E-state index in [9.17, 15) is 4.79 Å². The van der Waals surface area contributed by atoms with E-state index in [1.165, 1.54) is 0 Å². The standard InChI is InChI=1S/C14H20ClN3O2/c1-10-7-11(8-17-12(10)15)18-13(19)14(9-20-2)3-5-16-6-4-14/h7-8,16H,3-6,9H2,1-2H3,(H,18,19). The first kappa shape index (κ1) is 15.2. The number of hydrogen-bond donors (Lipinski definition) is 2. The zero-order valence-corrected chi connectivity index (χ0v) is 12.6. The first-order valence-corrected chi connectivity index (χ1v) is 7.08. The molecule has 0 bridgehead atoms. The van der Waals surface area contributed by atoms with Crippen LogP contribution in [0.1, 0.15) is 18.4 Å². The van der Waals surface area contributed by atoms with Crippen molar-refractivity contribution in [3.05, 3.63) is 23.0 Å². The molecule has 0 aliphatic carbocycles. The SMILES string of the molecule is COCC1(C(=O)Nc2cnc(Cl)c(C)c2)CCNCC1. The van der Waals surface area contributed by atoms with Gasteiger partial charge in [-0.3, -0.25) is 4.79 Å². The number of carbonyl (C=O) groups excluding carboxylic acids is 1. The Bertz CT molecular complexity index is 482. The van der Waals surface area contributed by atoms with E-state index in [0.29, 0.717) is 17.4 Å². The number of anilines is 1. The minimum absolute atomic E-state index is 0.00984.